The average molecular weight is 635 g/mol. The van der Waals surface area contributed by atoms with Crippen molar-refractivity contribution >= 4 is 34.4 Å². The number of hydrogen-bond acceptors (Lipinski definition) is 5. The molecule has 1 aromatic heterocycles. The predicted molar refractivity (Wildman–Crippen MR) is 183 cm³/mol. The molecule has 0 spiro atoms. The number of fused-ring (bicyclic) bond motifs is 1. The minimum Gasteiger partial charge on any atom is -0.384 e. The number of nitrogens with zero attached hydrogens (tertiary/aromatic N) is 3. The van der Waals surface area contributed by atoms with Gasteiger partial charge in [0.2, 0.25) is 0 Å². The van der Waals surface area contributed by atoms with Gasteiger partial charge in [-0.05, 0) is 71.8 Å². The number of aromatic nitrogens is 2. The van der Waals surface area contributed by atoms with E-state index in [1.165, 1.54) is 0 Å². The Kier molecular flexibility index (Phi) is 9.78. The van der Waals surface area contributed by atoms with E-state index in [1.807, 2.05) is 95.9 Å². The fourth-order valence-electron chi connectivity index (χ4n) is 6.00. The second-order valence-corrected chi connectivity index (χ2v) is 12.3. The maximum absolute atomic E-state index is 14.1. The molecule has 8 nitrogen and oxygen atoms in total. The predicted octanol–water partition coefficient (Wildman–Crippen LogP) is 6.24. The van der Waals surface area contributed by atoms with Crippen molar-refractivity contribution < 1.29 is 9.53 Å². The van der Waals surface area contributed by atoms with E-state index in [1.54, 1.807) is 0 Å². The molecule has 1 atom stereocenters. The number of aryl methyl sites for hydroxylation is 2. The molecular formula is C37H39ClN6O2. The second-order valence-electron chi connectivity index (χ2n) is 11.9. The second kappa shape index (κ2) is 14.3. The molecule has 1 unspecified atom stereocenters. The average Bonchev–Trinajstić information content (AvgIpc) is 3.72. The Morgan fingerprint density at radius 3 is 2.15 bits per heavy atom. The first-order valence-electron chi connectivity index (χ1n) is 15.7. The van der Waals surface area contributed by atoms with Gasteiger partial charge < -0.3 is 25.7 Å². The van der Waals surface area contributed by atoms with Crippen molar-refractivity contribution in [1.82, 2.24) is 14.5 Å². The molecule has 1 amide bonds. The van der Waals surface area contributed by atoms with Gasteiger partial charge in [-0.2, -0.15) is 0 Å². The summed E-state index contributed by atoms with van der Waals surface area (Å²) in [6, 6.07) is 29.3. The highest BCUT2D eigenvalue weighted by molar-refractivity contribution is 6.30. The lowest BCUT2D eigenvalue weighted by Gasteiger charge is -2.23. The Morgan fingerprint density at radius 1 is 0.891 bits per heavy atom. The summed E-state index contributed by atoms with van der Waals surface area (Å²) in [6.07, 6.45) is 3.75. The van der Waals surface area contributed by atoms with E-state index in [4.69, 9.17) is 38.2 Å². The summed E-state index contributed by atoms with van der Waals surface area (Å²) in [5.74, 6) is 0.954. The van der Waals surface area contributed by atoms with Crippen LogP contribution >= 0.6 is 11.6 Å². The van der Waals surface area contributed by atoms with Gasteiger partial charge >= 0.3 is 0 Å². The van der Waals surface area contributed by atoms with Crippen LogP contribution in [0.5, 0.6) is 0 Å². The first kappa shape index (κ1) is 31.5. The molecule has 9 heteroatoms. The van der Waals surface area contributed by atoms with Crippen molar-refractivity contribution in [2.75, 3.05) is 6.61 Å². The number of nitrogens with one attached hydrogen (secondary N) is 1. The van der Waals surface area contributed by atoms with Gasteiger partial charge in [0.05, 0.1) is 23.7 Å². The lowest BCUT2D eigenvalue weighted by atomic mass is 10.1. The highest BCUT2D eigenvalue weighted by Crippen LogP contribution is 2.25. The van der Waals surface area contributed by atoms with Gasteiger partial charge in [-0.1, -0.05) is 72.3 Å². The summed E-state index contributed by atoms with van der Waals surface area (Å²) < 4.78 is 8.26. The molecule has 0 bridgehead atoms. The van der Waals surface area contributed by atoms with Crippen LogP contribution in [0.15, 0.2) is 91.0 Å². The maximum atomic E-state index is 14.1. The smallest absolute Gasteiger partial charge is 0.254 e. The Balaban J connectivity index is 1.29. The number of amides is 1. The van der Waals surface area contributed by atoms with Crippen molar-refractivity contribution in [3.05, 3.63) is 135 Å². The lowest BCUT2D eigenvalue weighted by molar-refractivity contribution is 0.0730. The van der Waals surface area contributed by atoms with Crippen LogP contribution in [0, 0.1) is 5.41 Å². The van der Waals surface area contributed by atoms with Gasteiger partial charge in [0.15, 0.2) is 0 Å². The largest absolute Gasteiger partial charge is 0.384 e. The summed E-state index contributed by atoms with van der Waals surface area (Å²) in [4.78, 5) is 21.1. The SMILES string of the molecule is N=C(N)c1ccc(CCc2nc3cc(C(=O)N(Cc4ccc(Cl)cc4)Cc4ccc(CN)cc4)ccc3n2CC2CCCO2)cc1. The van der Waals surface area contributed by atoms with Gasteiger partial charge in [0.25, 0.3) is 5.91 Å². The number of imidazole rings is 1. The summed E-state index contributed by atoms with van der Waals surface area (Å²) in [5, 5.41) is 8.32. The third kappa shape index (κ3) is 7.48. The van der Waals surface area contributed by atoms with Crippen LogP contribution in [-0.4, -0.2) is 38.9 Å². The molecule has 0 saturated carbocycles. The molecule has 1 aliphatic rings. The van der Waals surface area contributed by atoms with Crippen LogP contribution in [-0.2, 0) is 43.8 Å². The topological polar surface area (TPSA) is 123 Å². The number of hydrogen-bond donors (Lipinski definition) is 3. The van der Waals surface area contributed by atoms with Gasteiger partial charge in [0, 0.05) is 48.8 Å². The molecule has 6 rings (SSSR count). The first-order chi connectivity index (χ1) is 22.4. The van der Waals surface area contributed by atoms with E-state index in [9.17, 15) is 4.79 Å². The minimum atomic E-state index is -0.0689. The molecule has 4 aromatic carbocycles. The third-order valence-corrected chi connectivity index (χ3v) is 8.84. The molecule has 46 heavy (non-hydrogen) atoms. The molecular weight excluding hydrogens is 596 g/mol. The van der Waals surface area contributed by atoms with E-state index < -0.39 is 0 Å². The van der Waals surface area contributed by atoms with Gasteiger partial charge in [0.1, 0.15) is 11.7 Å². The number of nitrogen functional groups attached to an aromatic ring is 1. The quantitative estimate of drug-likeness (QED) is 0.111. The van der Waals surface area contributed by atoms with Crippen LogP contribution in [0.1, 0.15) is 56.8 Å². The number of carbonyl (C=O) groups excluding carboxylic acids is 1. The van der Waals surface area contributed by atoms with Crippen LogP contribution in [0.2, 0.25) is 5.02 Å². The Morgan fingerprint density at radius 2 is 1.52 bits per heavy atom. The maximum Gasteiger partial charge on any atom is 0.254 e. The number of carbonyl (C=O) groups is 1. The van der Waals surface area contributed by atoms with Crippen molar-refractivity contribution in [3.8, 4) is 0 Å². The summed E-state index contributed by atoms with van der Waals surface area (Å²) in [5.41, 5.74) is 18.8. The minimum absolute atomic E-state index is 0.0616. The molecule has 236 valence electrons. The molecule has 2 heterocycles. The lowest BCUT2D eigenvalue weighted by Crippen LogP contribution is -2.30. The Labute approximate surface area is 274 Å². The van der Waals surface area contributed by atoms with E-state index in [2.05, 4.69) is 4.57 Å². The molecule has 5 aromatic rings. The van der Waals surface area contributed by atoms with Crippen LogP contribution < -0.4 is 11.5 Å². The summed E-state index contributed by atoms with van der Waals surface area (Å²) in [7, 11) is 0. The van der Waals surface area contributed by atoms with Gasteiger partial charge in [-0.15, -0.1) is 0 Å². The van der Waals surface area contributed by atoms with E-state index in [0.717, 1.165) is 77.9 Å². The third-order valence-electron chi connectivity index (χ3n) is 8.59. The zero-order valence-electron chi connectivity index (χ0n) is 25.8. The molecule has 1 saturated heterocycles. The number of nitrogens with two attached hydrogens (primary N) is 2. The first-order valence-corrected chi connectivity index (χ1v) is 16.1. The standard InChI is InChI=1S/C37H39ClN6O2/c38-31-15-9-28(10-16-31)23-43(22-27-5-3-26(21-39)4-6-27)37(45)30-14-17-34-33(20-30)42-35(44(34)24-32-2-1-19-46-32)18-11-25-7-12-29(13-8-25)36(40)41/h3-10,12-17,20,32H,1-2,11,18-19,21-24,39H2,(H3,40,41). The van der Waals surface area contributed by atoms with E-state index >= 15 is 0 Å². The normalized spacial score (nSPS) is 14.5. The number of rotatable bonds is 12. The molecule has 1 aliphatic heterocycles. The summed E-state index contributed by atoms with van der Waals surface area (Å²) >= 11 is 6.14. The molecule has 1 fully saturated rings. The van der Waals surface area contributed by atoms with Crippen LogP contribution in [0.4, 0.5) is 0 Å². The Hall–Kier alpha value is -4.50. The fourth-order valence-corrected chi connectivity index (χ4v) is 6.13. The van der Waals surface area contributed by atoms with Crippen molar-refractivity contribution in [3.63, 3.8) is 0 Å². The monoisotopic (exact) mass is 634 g/mol. The number of benzene rings is 4. The van der Waals surface area contributed by atoms with Crippen molar-refractivity contribution in [1.29, 1.82) is 5.41 Å². The summed E-state index contributed by atoms with van der Waals surface area (Å²) in [6.45, 7) is 2.87. The fraction of sp³-hybridized carbons (Fsp3) is 0.270. The van der Waals surface area contributed by atoms with Gasteiger partial charge in [-0.25, -0.2) is 4.98 Å². The number of halogens is 1. The highest BCUT2D eigenvalue weighted by atomic mass is 35.5. The number of amidine groups is 1. The van der Waals surface area contributed by atoms with Gasteiger partial charge in [-0.3, -0.25) is 10.2 Å². The molecule has 0 aliphatic carbocycles. The van der Waals surface area contributed by atoms with Crippen LogP contribution in [0.3, 0.4) is 0 Å². The highest BCUT2D eigenvalue weighted by Gasteiger charge is 2.22. The van der Waals surface area contributed by atoms with Crippen LogP contribution in [0.25, 0.3) is 11.0 Å². The zero-order chi connectivity index (χ0) is 32.0. The van der Waals surface area contributed by atoms with E-state index in [0.29, 0.717) is 35.8 Å². The van der Waals surface area contributed by atoms with E-state index in [-0.39, 0.29) is 17.8 Å². The zero-order valence-corrected chi connectivity index (χ0v) is 26.5. The van der Waals surface area contributed by atoms with Crippen molar-refractivity contribution in [2.24, 2.45) is 11.5 Å². The molecule has 5 N–H and O–H groups in total. The van der Waals surface area contributed by atoms with Crippen molar-refractivity contribution in [2.45, 2.75) is 58.0 Å². The number of ether oxygens (including phenoxy) is 1. The Bertz CT molecular complexity index is 1810. The molecule has 0 radical (unpaired) electrons.